The third kappa shape index (κ3) is 4.36. The number of nitrogens with one attached hydrogen (secondary N) is 1. The summed E-state index contributed by atoms with van der Waals surface area (Å²) in [4.78, 5) is 15.4. The zero-order valence-corrected chi connectivity index (χ0v) is 13.5. The van der Waals surface area contributed by atoms with Crippen LogP contribution in [-0.2, 0) is 4.79 Å². The van der Waals surface area contributed by atoms with Gasteiger partial charge >= 0.3 is 5.97 Å². The minimum absolute atomic E-state index is 0.0153. The topological polar surface area (TPSA) is 131 Å². The molecule has 0 radical (unpaired) electrons. The third-order valence-corrected chi connectivity index (χ3v) is 4.65. The van der Waals surface area contributed by atoms with Crippen molar-refractivity contribution in [3.05, 3.63) is 5.89 Å². The van der Waals surface area contributed by atoms with Crippen LogP contribution in [0.1, 0.15) is 69.6 Å². The normalized spacial score (nSPS) is 17.0. The van der Waals surface area contributed by atoms with E-state index in [1.165, 1.54) is 32.1 Å². The molecule has 24 heavy (non-hydrogen) atoms. The molecule has 2 aromatic heterocycles. The van der Waals surface area contributed by atoms with E-state index in [1.54, 1.807) is 0 Å². The summed E-state index contributed by atoms with van der Waals surface area (Å²) >= 11 is 0. The van der Waals surface area contributed by atoms with Gasteiger partial charge in [0.15, 0.2) is 0 Å². The largest absolute Gasteiger partial charge is 0.481 e. The molecule has 3 rings (SSSR count). The van der Waals surface area contributed by atoms with Crippen molar-refractivity contribution in [2.45, 2.75) is 63.7 Å². The van der Waals surface area contributed by atoms with Crippen LogP contribution in [0, 0.1) is 5.92 Å². The van der Waals surface area contributed by atoms with Crippen molar-refractivity contribution < 1.29 is 14.4 Å². The van der Waals surface area contributed by atoms with Crippen LogP contribution in [-0.4, -0.2) is 41.8 Å². The van der Waals surface area contributed by atoms with Crippen LogP contribution in [0.25, 0.3) is 11.6 Å². The summed E-state index contributed by atoms with van der Waals surface area (Å²) in [7, 11) is 0. The van der Waals surface area contributed by atoms with Gasteiger partial charge in [0.25, 0.3) is 0 Å². The van der Waals surface area contributed by atoms with E-state index in [2.05, 4.69) is 30.8 Å². The van der Waals surface area contributed by atoms with Crippen molar-refractivity contribution in [1.82, 2.24) is 30.8 Å². The second-order valence-corrected chi connectivity index (χ2v) is 6.42. The lowest BCUT2D eigenvalue weighted by molar-refractivity contribution is -0.137. The van der Waals surface area contributed by atoms with E-state index >= 15 is 0 Å². The number of aromatic amines is 1. The number of H-pyrrole nitrogens is 1. The average molecular weight is 334 g/mol. The van der Waals surface area contributed by atoms with Gasteiger partial charge in [-0.3, -0.25) is 4.79 Å². The first-order valence-corrected chi connectivity index (χ1v) is 8.51. The predicted molar refractivity (Wildman–Crippen MR) is 82.9 cm³/mol. The Morgan fingerprint density at radius 1 is 1.29 bits per heavy atom. The van der Waals surface area contributed by atoms with Gasteiger partial charge in [-0.25, -0.2) is 0 Å². The zero-order valence-electron chi connectivity index (χ0n) is 13.5. The standard InChI is InChI=1S/C15H22N6O3/c22-12(23)9-11(8-4-7-10-5-2-1-3-6-10)15-16-13(19-24-15)14-17-20-21-18-14/h10-11H,1-9H2,(H,22,23)(H,17,18,20,21). The molecule has 2 aromatic rings. The zero-order chi connectivity index (χ0) is 16.8. The number of hydrogen-bond donors (Lipinski definition) is 2. The Morgan fingerprint density at radius 3 is 2.83 bits per heavy atom. The first kappa shape index (κ1) is 16.5. The van der Waals surface area contributed by atoms with Crippen LogP contribution in [0.4, 0.5) is 0 Å². The van der Waals surface area contributed by atoms with Crippen molar-refractivity contribution >= 4 is 5.97 Å². The summed E-state index contributed by atoms with van der Waals surface area (Å²) < 4.78 is 5.25. The SMILES string of the molecule is O=C(O)CC(CCCC1CCCCC1)c1nc(-c2nn[nH]n2)no1. The fourth-order valence-electron chi connectivity index (χ4n) is 3.40. The number of rotatable bonds is 8. The van der Waals surface area contributed by atoms with Crippen molar-refractivity contribution in [1.29, 1.82) is 0 Å². The number of aliphatic carboxylic acids is 1. The van der Waals surface area contributed by atoms with Crippen molar-refractivity contribution in [3.63, 3.8) is 0 Å². The lowest BCUT2D eigenvalue weighted by Crippen LogP contribution is -2.10. The van der Waals surface area contributed by atoms with Crippen LogP contribution in [0.3, 0.4) is 0 Å². The molecule has 0 aromatic carbocycles. The lowest BCUT2D eigenvalue weighted by Gasteiger charge is -2.21. The van der Waals surface area contributed by atoms with Gasteiger partial charge in [0.05, 0.1) is 6.42 Å². The van der Waals surface area contributed by atoms with Gasteiger partial charge in [0.1, 0.15) is 0 Å². The maximum Gasteiger partial charge on any atom is 0.304 e. The van der Waals surface area contributed by atoms with Gasteiger partial charge in [-0.2, -0.15) is 10.2 Å². The highest BCUT2D eigenvalue weighted by molar-refractivity contribution is 5.67. The highest BCUT2D eigenvalue weighted by atomic mass is 16.5. The van der Waals surface area contributed by atoms with Gasteiger partial charge in [-0.1, -0.05) is 50.1 Å². The van der Waals surface area contributed by atoms with Gasteiger partial charge in [0.2, 0.25) is 17.5 Å². The summed E-state index contributed by atoms with van der Waals surface area (Å²) in [6.07, 6.45) is 9.42. The second kappa shape index (κ2) is 7.98. The first-order chi connectivity index (χ1) is 11.7. The van der Waals surface area contributed by atoms with Gasteiger partial charge in [0, 0.05) is 5.92 Å². The fraction of sp³-hybridized carbons (Fsp3) is 0.733. The number of aromatic nitrogens is 6. The first-order valence-electron chi connectivity index (χ1n) is 8.51. The predicted octanol–water partition coefficient (Wildman–Crippen LogP) is 2.56. The molecule has 2 N–H and O–H groups in total. The lowest BCUT2D eigenvalue weighted by atomic mass is 9.84. The van der Waals surface area contributed by atoms with Crippen LogP contribution in [0.5, 0.6) is 0 Å². The van der Waals surface area contributed by atoms with E-state index in [-0.39, 0.29) is 24.0 Å². The molecular weight excluding hydrogens is 312 g/mol. The Bertz CT molecular complexity index is 635. The van der Waals surface area contributed by atoms with Crippen LogP contribution in [0.2, 0.25) is 0 Å². The number of tetrazole rings is 1. The molecule has 1 aliphatic carbocycles. The average Bonchev–Trinajstić information content (AvgIpc) is 3.26. The molecule has 1 saturated carbocycles. The maximum atomic E-state index is 11.2. The van der Waals surface area contributed by atoms with Crippen LogP contribution in [0.15, 0.2) is 4.52 Å². The van der Waals surface area contributed by atoms with Crippen molar-refractivity contribution in [2.24, 2.45) is 5.92 Å². The Hall–Kier alpha value is -2.32. The number of carboxylic acids is 1. The van der Waals surface area contributed by atoms with E-state index in [1.807, 2.05) is 0 Å². The van der Waals surface area contributed by atoms with Crippen LogP contribution < -0.4 is 0 Å². The highest BCUT2D eigenvalue weighted by Gasteiger charge is 2.24. The van der Waals surface area contributed by atoms with E-state index in [4.69, 9.17) is 9.63 Å². The molecule has 0 spiro atoms. The van der Waals surface area contributed by atoms with Crippen molar-refractivity contribution in [2.75, 3.05) is 0 Å². The molecule has 130 valence electrons. The highest BCUT2D eigenvalue weighted by Crippen LogP contribution is 2.31. The summed E-state index contributed by atoms with van der Waals surface area (Å²) in [5.41, 5.74) is 0. The Morgan fingerprint density at radius 2 is 2.12 bits per heavy atom. The van der Waals surface area contributed by atoms with E-state index in [0.29, 0.717) is 5.89 Å². The molecule has 9 heteroatoms. The van der Waals surface area contributed by atoms with E-state index in [0.717, 1.165) is 25.2 Å². The quantitative estimate of drug-likeness (QED) is 0.753. The molecule has 0 saturated heterocycles. The Kier molecular flexibility index (Phi) is 5.50. The summed E-state index contributed by atoms with van der Waals surface area (Å²) in [5.74, 6) is 0.432. The molecule has 2 heterocycles. The minimum Gasteiger partial charge on any atom is -0.481 e. The molecule has 9 nitrogen and oxygen atoms in total. The minimum atomic E-state index is -0.864. The third-order valence-electron chi connectivity index (χ3n) is 4.65. The van der Waals surface area contributed by atoms with Gasteiger partial charge < -0.3 is 9.63 Å². The molecular formula is C15H22N6O3. The van der Waals surface area contributed by atoms with E-state index in [9.17, 15) is 4.79 Å². The summed E-state index contributed by atoms with van der Waals surface area (Å²) in [6, 6.07) is 0. The smallest absolute Gasteiger partial charge is 0.304 e. The number of carbonyl (C=O) groups is 1. The molecule has 0 amide bonds. The maximum absolute atomic E-state index is 11.2. The molecule has 1 fully saturated rings. The Labute approximate surface area is 139 Å². The van der Waals surface area contributed by atoms with Crippen molar-refractivity contribution in [3.8, 4) is 11.6 Å². The monoisotopic (exact) mass is 334 g/mol. The molecule has 1 unspecified atom stereocenters. The number of hydrogen-bond acceptors (Lipinski definition) is 7. The molecule has 1 atom stereocenters. The second-order valence-electron chi connectivity index (χ2n) is 6.42. The van der Waals surface area contributed by atoms with Gasteiger partial charge in [-0.05, 0) is 17.6 Å². The van der Waals surface area contributed by atoms with Crippen LogP contribution >= 0.6 is 0 Å². The Balaban J connectivity index is 1.59. The number of nitrogens with zero attached hydrogens (tertiary/aromatic N) is 5. The molecule has 1 aliphatic rings. The fourth-order valence-corrected chi connectivity index (χ4v) is 3.40. The molecule has 0 bridgehead atoms. The van der Waals surface area contributed by atoms with Gasteiger partial charge in [-0.15, -0.1) is 10.2 Å². The molecule has 0 aliphatic heterocycles. The van der Waals surface area contributed by atoms with E-state index < -0.39 is 5.97 Å². The summed E-state index contributed by atoms with van der Waals surface area (Å²) in [5, 5.41) is 26.3. The number of carboxylic acid groups (broad SMARTS) is 1. The summed E-state index contributed by atoms with van der Waals surface area (Å²) in [6.45, 7) is 0.